The Bertz CT molecular complexity index is 989. The summed E-state index contributed by atoms with van der Waals surface area (Å²) in [7, 11) is 0. The summed E-state index contributed by atoms with van der Waals surface area (Å²) in [6.45, 7) is 1.98. The van der Waals surface area contributed by atoms with Crippen LogP contribution in [0.25, 0.3) is 28.3 Å². The van der Waals surface area contributed by atoms with E-state index in [2.05, 4.69) is 15.2 Å². The molecule has 2 aromatic heterocycles. The van der Waals surface area contributed by atoms with Crippen LogP contribution in [0.3, 0.4) is 0 Å². The third-order valence-corrected chi connectivity index (χ3v) is 3.91. The smallest absolute Gasteiger partial charge is 0.169 e. The maximum Gasteiger partial charge on any atom is 0.169 e. The molecular formula is C18H15N5. The zero-order valence-corrected chi connectivity index (χ0v) is 12.6. The van der Waals surface area contributed by atoms with Crippen LogP contribution >= 0.6 is 0 Å². The SMILES string of the molecule is Cc1ccc(-c2nnc3cc(-c4ccccc4)ncn23)cc1N. The summed E-state index contributed by atoms with van der Waals surface area (Å²) in [5.41, 5.74) is 11.4. The molecule has 0 aliphatic carbocycles. The molecule has 0 fully saturated rings. The molecule has 0 saturated carbocycles. The molecule has 0 amide bonds. The van der Waals surface area contributed by atoms with Crippen molar-refractivity contribution < 1.29 is 0 Å². The van der Waals surface area contributed by atoms with E-state index in [0.717, 1.165) is 39.5 Å². The lowest BCUT2D eigenvalue weighted by Crippen LogP contribution is -1.95. The molecule has 0 unspecified atom stereocenters. The minimum atomic E-state index is 0.735. The topological polar surface area (TPSA) is 69.1 Å². The number of aryl methyl sites for hydroxylation is 1. The Labute approximate surface area is 133 Å². The highest BCUT2D eigenvalue weighted by molar-refractivity contribution is 5.68. The fourth-order valence-corrected chi connectivity index (χ4v) is 2.54. The van der Waals surface area contributed by atoms with Gasteiger partial charge in [0.1, 0.15) is 6.33 Å². The summed E-state index contributed by atoms with van der Waals surface area (Å²) in [5.74, 6) is 0.735. The maximum atomic E-state index is 6.00. The van der Waals surface area contributed by atoms with Crippen LogP contribution in [0.2, 0.25) is 0 Å². The van der Waals surface area contributed by atoms with Gasteiger partial charge in [-0.1, -0.05) is 42.5 Å². The maximum absolute atomic E-state index is 6.00. The van der Waals surface area contributed by atoms with Crippen molar-refractivity contribution in [3.05, 3.63) is 66.5 Å². The van der Waals surface area contributed by atoms with E-state index in [9.17, 15) is 0 Å². The fourth-order valence-electron chi connectivity index (χ4n) is 2.54. The molecule has 2 heterocycles. The van der Waals surface area contributed by atoms with Gasteiger partial charge in [-0.05, 0) is 18.6 Å². The Balaban J connectivity index is 1.83. The van der Waals surface area contributed by atoms with Gasteiger partial charge in [0.25, 0.3) is 0 Å². The van der Waals surface area contributed by atoms with E-state index in [-0.39, 0.29) is 0 Å². The van der Waals surface area contributed by atoms with Crippen LogP contribution < -0.4 is 5.73 Å². The van der Waals surface area contributed by atoms with Crippen LogP contribution in [0.4, 0.5) is 5.69 Å². The number of hydrogen-bond donors (Lipinski definition) is 1. The highest BCUT2D eigenvalue weighted by atomic mass is 15.3. The largest absolute Gasteiger partial charge is 0.398 e. The lowest BCUT2D eigenvalue weighted by molar-refractivity contribution is 1.08. The summed E-state index contributed by atoms with van der Waals surface area (Å²) >= 11 is 0. The Morgan fingerprint density at radius 2 is 1.74 bits per heavy atom. The number of rotatable bonds is 2. The quantitative estimate of drug-likeness (QED) is 0.576. The highest BCUT2D eigenvalue weighted by Gasteiger charge is 2.10. The van der Waals surface area contributed by atoms with Crippen LogP contribution in [0, 0.1) is 6.92 Å². The normalized spacial score (nSPS) is 11.0. The van der Waals surface area contributed by atoms with E-state index >= 15 is 0 Å². The molecule has 112 valence electrons. The second-order valence-electron chi connectivity index (χ2n) is 5.46. The number of nitrogens with two attached hydrogens (primary N) is 1. The Hall–Kier alpha value is -3.21. The van der Waals surface area contributed by atoms with Crippen molar-refractivity contribution in [1.82, 2.24) is 19.6 Å². The van der Waals surface area contributed by atoms with Crippen molar-refractivity contribution in [2.24, 2.45) is 0 Å². The van der Waals surface area contributed by atoms with Crippen LogP contribution in [-0.4, -0.2) is 19.6 Å². The first kappa shape index (κ1) is 13.5. The second kappa shape index (κ2) is 5.21. The van der Waals surface area contributed by atoms with Gasteiger partial charge in [0.15, 0.2) is 11.5 Å². The van der Waals surface area contributed by atoms with Crippen LogP contribution in [0.1, 0.15) is 5.56 Å². The third-order valence-electron chi connectivity index (χ3n) is 3.91. The number of hydrogen-bond acceptors (Lipinski definition) is 4. The van der Waals surface area contributed by atoms with Gasteiger partial charge in [-0.3, -0.25) is 4.40 Å². The number of nitrogens with zero attached hydrogens (tertiary/aromatic N) is 4. The number of nitrogen functional groups attached to an aromatic ring is 1. The lowest BCUT2D eigenvalue weighted by atomic mass is 10.1. The second-order valence-corrected chi connectivity index (χ2v) is 5.46. The number of fused-ring (bicyclic) bond motifs is 1. The predicted octanol–water partition coefficient (Wildman–Crippen LogP) is 3.35. The molecule has 0 aliphatic heterocycles. The standard InChI is InChI=1S/C18H15N5/c1-12-7-8-14(9-15(12)19)18-22-21-17-10-16(20-11-23(17)18)13-5-3-2-4-6-13/h2-11H,19H2,1H3. The first-order chi connectivity index (χ1) is 11.2. The van der Waals surface area contributed by atoms with Gasteiger partial charge in [-0.15, -0.1) is 10.2 Å². The van der Waals surface area contributed by atoms with Crippen molar-refractivity contribution in [2.45, 2.75) is 6.92 Å². The van der Waals surface area contributed by atoms with E-state index in [1.807, 2.05) is 65.9 Å². The molecule has 0 saturated heterocycles. The van der Waals surface area contributed by atoms with E-state index < -0.39 is 0 Å². The number of anilines is 1. The molecule has 4 aromatic rings. The van der Waals surface area contributed by atoms with E-state index in [1.54, 1.807) is 6.33 Å². The predicted molar refractivity (Wildman–Crippen MR) is 90.8 cm³/mol. The van der Waals surface area contributed by atoms with E-state index in [4.69, 9.17) is 5.73 Å². The Kier molecular flexibility index (Phi) is 3.05. The van der Waals surface area contributed by atoms with Crippen molar-refractivity contribution >= 4 is 11.3 Å². The molecule has 5 heteroatoms. The molecule has 0 atom stereocenters. The molecule has 2 N–H and O–H groups in total. The van der Waals surface area contributed by atoms with Gasteiger partial charge in [0, 0.05) is 22.9 Å². The molecular weight excluding hydrogens is 286 g/mol. The lowest BCUT2D eigenvalue weighted by Gasteiger charge is -2.05. The van der Waals surface area contributed by atoms with Crippen LogP contribution in [0.15, 0.2) is 60.9 Å². The molecule has 4 rings (SSSR count). The van der Waals surface area contributed by atoms with Crippen LogP contribution in [0.5, 0.6) is 0 Å². The number of benzene rings is 2. The fraction of sp³-hybridized carbons (Fsp3) is 0.0556. The summed E-state index contributed by atoms with van der Waals surface area (Å²) in [4.78, 5) is 4.53. The molecule has 0 bridgehead atoms. The molecule has 0 spiro atoms. The highest BCUT2D eigenvalue weighted by Crippen LogP contribution is 2.24. The summed E-state index contributed by atoms with van der Waals surface area (Å²) in [6.07, 6.45) is 1.75. The average Bonchev–Trinajstić information content (AvgIpc) is 3.01. The minimum absolute atomic E-state index is 0.735. The molecule has 0 aliphatic rings. The Morgan fingerprint density at radius 3 is 2.52 bits per heavy atom. The van der Waals surface area contributed by atoms with Gasteiger partial charge in [-0.2, -0.15) is 0 Å². The van der Waals surface area contributed by atoms with Crippen molar-refractivity contribution in [3.63, 3.8) is 0 Å². The van der Waals surface area contributed by atoms with E-state index in [1.165, 1.54) is 0 Å². The summed E-state index contributed by atoms with van der Waals surface area (Å²) < 4.78 is 1.87. The zero-order chi connectivity index (χ0) is 15.8. The van der Waals surface area contributed by atoms with Crippen LogP contribution in [-0.2, 0) is 0 Å². The van der Waals surface area contributed by atoms with Crippen molar-refractivity contribution in [3.8, 4) is 22.6 Å². The monoisotopic (exact) mass is 301 g/mol. The van der Waals surface area contributed by atoms with Gasteiger partial charge >= 0.3 is 0 Å². The first-order valence-corrected chi connectivity index (χ1v) is 7.35. The zero-order valence-electron chi connectivity index (χ0n) is 12.6. The van der Waals surface area contributed by atoms with Gasteiger partial charge in [0.2, 0.25) is 0 Å². The van der Waals surface area contributed by atoms with E-state index in [0.29, 0.717) is 0 Å². The summed E-state index contributed by atoms with van der Waals surface area (Å²) in [5, 5.41) is 8.55. The Morgan fingerprint density at radius 1 is 0.913 bits per heavy atom. The van der Waals surface area contributed by atoms with Gasteiger partial charge in [-0.25, -0.2) is 4.98 Å². The summed E-state index contributed by atoms with van der Waals surface area (Å²) in [6, 6.07) is 17.8. The number of aromatic nitrogens is 4. The van der Waals surface area contributed by atoms with Crippen molar-refractivity contribution in [1.29, 1.82) is 0 Å². The minimum Gasteiger partial charge on any atom is -0.398 e. The molecule has 5 nitrogen and oxygen atoms in total. The van der Waals surface area contributed by atoms with Gasteiger partial charge < -0.3 is 5.73 Å². The molecule has 23 heavy (non-hydrogen) atoms. The first-order valence-electron chi connectivity index (χ1n) is 7.35. The third kappa shape index (κ3) is 2.32. The average molecular weight is 301 g/mol. The molecule has 0 radical (unpaired) electrons. The molecule has 2 aromatic carbocycles. The van der Waals surface area contributed by atoms with Gasteiger partial charge in [0.05, 0.1) is 5.69 Å². The van der Waals surface area contributed by atoms with Crippen molar-refractivity contribution in [2.75, 3.05) is 5.73 Å².